The lowest BCUT2D eigenvalue weighted by Crippen LogP contribution is -2.34. The summed E-state index contributed by atoms with van der Waals surface area (Å²) in [6.07, 6.45) is 4.50. The quantitative estimate of drug-likeness (QED) is 0.921. The molecule has 3 heterocycles. The second-order valence-corrected chi connectivity index (χ2v) is 6.72. The van der Waals surface area contributed by atoms with Gasteiger partial charge in [-0.1, -0.05) is 13.0 Å². The van der Waals surface area contributed by atoms with Crippen LogP contribution in [0, 0.1) is 0 Å². The second-order valence-electron chi connectivity index (χ2n) is 6.72. The number of carbonyl (C=O) groups is 2. The minimum absolute atomic E-state index is 0.00377. The summed E-state index contributed by atoms with van der Waals surface area (Å²) in [5.41, 5.74) is 6.04. The minimum atomic E-state index is -0.180. The molecule has 1 aromatic heterocycles. The molecule has 134 valence electrons. The summed E-state index contributed by atoms with van der Waals surface area (Å²) >= 11 is 0. The summed E-state index contributed by atoms with van der Waals surface area (Å²) in [6.45, 7) is 2.77. The number of ether oxygens (including phenoxy) is 1. The Kier molecular flexibility index (Phi) is 4.20. The first-order valence-corrected chi connectivity index (χ1v) is 8.82. The van der Waals surface area contributed by atoms with E-state index in [9.17, 15) is 9.59 Å². The molecule has 0 fully saturated rings. The number of likely N-dealkylation sites (N-methyl/N-ethyl adjacent to an activating group) is 1. The van der Waals surface area contributed by atoms with Gasteiger partial charge in [-0.3, -0.25) is 14.6 Å². The highest BCUT2D eigenvalue weighted by atomic mass is 16.5. The summed E-state index contributed by atoms with van der Waals surface area (Å²) in [4.78, 5) is 29.8. The summed E-state index contributed by atoms with van der Waals surface area (Å²) in [5, 5.41) is 3.00. The van der Waals surface area contributed by atoms with Gasteiger partial charge in [0, 0.05) is 42.7 Å². The lowest BCUT2D eigenvalue weighted by atomic mass is 9.92. The molecule has 0 saturated heterocycles. The van der Waals surface area contributed by atoms with Crippen LogP contribution in [0.15, 0.2) is 30.6 Å². The van der Waals surface area contributed by atoms with Gasteiger partial charge in [-0.15, -0.1) is 0 Å². The molecule has 2 aliphatic heterocycles. The van der Waals surface area contributed by atoms with E-state index in [0.29, 0.717) is 26.1 Å². The Morgan fingerprint density at radius 3 is 3.04 bits per heavy atom. The fourth-order valence-electron chi connectivity index (χ4n) is 3.64. The van der Waals surface area contributed by atoms with E-state index in [0.717, 1.165) is 33.5 Å². The molecule has 0 bridgehead atoms. The van der Waals surface area contributed by atoms with Crippen LogP contribution in [0.4, 0.5) is 5.69 Å². The summed E-state index contributed by atoms with van der Waals surface area (Å²) in [7, 11) is 1.80. The Hall–Kier alpha value is -2.73. The number of rotatable bonds is 3. The first-order chi connectivity index (χ1) is 12.6. The first-order valence-electron chi connectivity index (χ1n) is 8.82. The predicted octanol–water partition coefficient (Wildman–Crippen LogP) is 2.37. The van der Waals surface area contributed by atoms with Crippen LogP contribution >= 0.6 is 0 Å². The van der Waals surface area contributed by atoms with Crippen LogP contribution in [-0.4, -0.2) is 30.5 Å². The van der Waals surface area contributed by atoms with Crippen molar-refractivity contribution in [2.24, 2.45) is 0 Å². The van der Waals surface area contributed by atoms with Crippen molar-refractivity contribution in [2.75, 3.05) is 18.6 Å². The van der Waals surface area contributed by atoms with Crippen LogP contribution in [0.2, 0.25) is 0 Å². The van der Waals surface area contributed by atoms with Crippen LogP contribution in [0.1, 0.15) is 36.1 Å². The highest BCUT2D eigenvalue weighted by Crippen LogP contribution is 2.36. The lowest BCUT2D eigenvalue weighted by molar-refractivity contribution is -0.122. The molecule has 0 spiro atoms. The van der Waals surface area contributed by atoms with Crippen molar-refractivity contribution >= 4 is 17.5 Å². The fourth-order valence-corrected chi connectivity index (χ4v) is 3.64. The van der Waals surface area contributed by atoms with E-state index < -0.39 is 0 Å². The van der Waals surface area contributed by atoms with E-state index in [-0.39, 0.29) is 17.9 Å². The molecule has 2 aromatic rings. The normalized spacial score (nSPS) is 18.5. The van der Waals surface area contributed by atoms with E-state index in [1.807, 2.05) is 31.5 Å². The van der Waals surface area contributed by atoms with Gasteiger partial charge < -0.3 is 15.0 Å². The molecule has 26 heavy (non-hydrogen) atoms. The highest BCUT2D eigenvalue weighted by Gasteiger charge is 2.27. The summed E-state index contributed by atoms with van der Waals surface area (Å²) in [5.74, 6) is 0.104. The standard InChI is InChI=1S/C20H21N3O3/c1-3-19(24)22-17-11-26-10-16-14(8-21-9-15(16)17)12-4-5-18-13(6-12)7-20(25)23(18)2/h4-6,8-9,17H,3,7,10-11H2,1-2H3,(H,22,24). The number of hydrogen-bond acceptors (Lipinski definition) is 4. The van der Waals surface area contributed by atoms with Gasteiger partial charge in [0.05, 0.1) is 25.7 Å². The third-order valence-electron chi connectivity index (χ3n) is 5.12. The molecule has 2 aliphatic rings. The lowest BCUT2D eigenvalue weighted by Gasteiger charge is -2.28. The number of benzene rings is 1. The van der Waals surface area contributed by atoms with Gasteiger partial charge in [0.1, 0.15) is 0 Å². The number of carbonyl (C=O) groups excluding carboxylic acids is 2. The van der Waals surface area contributed by atoms with Gasteiger partial charge in [-0.2, -0.15) is 0 Å². The SMILES string of the molecule is CCC(=O)NC1COCc2c(-c3ccc4c(c3)CC(=O)N4C)cncc21. The zero-order valence-corrected chi connectivity index (χ0v) is 14.9. The number of nitrogens with one attached hydrogen (secondary N) is 1. The Balaban J connectivity index is 1.73. The monoisotopic (exact) mass is 351 g/mol. The molecule has 1 N–H and O–H groups in total. The van der Waals surface area contributed by atoms with E-state index in [1.165, 1.54) is 0 Å². The smallest absolute Gasteiger partial charge is 0.231 e. The molecule has 0 radical (unpaired) electrons. The van der Waals surface area contributed by atoms with Crippen molar-refractivity contribution in [2.45, 2.75) is 32.4 Å². The molecular formula is C20H21N3O3. The number of hydrogen-bond donors (Lipinski definition) is 1. The summed E-state index contributed by atoms with van der Waals surface area (Å²) < 4.78 is 5.74. The minimum Gasteiger partial charge on any atom is -0.374 e. The largest absolute Gasteiger partial charge is 0.374 e. The van der Waals surface area contributed by atoms with Crippen LogP contribution < -0.4 is 10.2 Å². The third-order valence-corrected chi connectivity index (χ3v) is 5.12. The molecule has 2 amide bonds. The average Bonchev–Trinajstić information content (AvgIpc) is 2.95. The van der Waals surface area contributed by atoms with Crippen molar-refractivity contribution in [3.63, 3.8) is 0 Å². The highest BCUT2D eigenvalue weighted by molar-refractivity contribution is 6.01. The van der Waals surface area contributed by atoms with E-state index in [2.05, 4.69) is 16.4 Å². The van der Waals surface area contributed by atoms with Crippen molar-refractivity contribution < 1.29 is 14.3 Å². The van der Waals surface area contributed by atoms with Gasteiger partial charge in [0.15, 0.2) is 0 Å². The average molecular weight is 351 g/mol. The molecule has 1 atom stereocenters. The Bertz CT molecular complexity index is 894. The Morgan fingerprint density at radius 2 is 2.23 bits per heavy atom. The van der Waals surface area contributed by atoms with Gasteiger partial charge in [0.2, 0.25) is 11.8 Å². The molecular weight excluding hydrogens is 330 g/mol. The fraction of sp³-hybridized carbons (Fsp3) is 0.350. The molecule has 6 nitrogen and oxygen atoms in total. The van der Waals surface area contributed by atoms with Gasteiger partial charge in [-0.25, -0.2) is 0 Å². The van der Waals surface area contributed by atoms with Gasteiger partial charge in [-0.05, 0) is 28.8 Å². The number of nitrogens with zero attached hydrogens (tertiary/aromatic N) is 2. The van der Waals surface area contributed by atoms with Crippen molar-refractivity contribution in [1.29, 1.82) is 0 Å². The van der Waals surface area contributed by atoms with E-state index in [4.69, 9.17) is 4.74 Å². The molecule has 0 aliphatic carbocycles. The topological polar surface area (TPSA) is 71.5 Å². The Labute approximate surface area is 152 Å². The Morgan fingerprint density at radius 1 is 1.38 bits per heavy atom. The van der Waals surface area contributed by atoms with Gasteiger partial charge in [0.25, 0.3) is 0 Å². The van der Waals surface area contributed by atoms with E-state index >= 15 is 0 Å². The maximum absolute atomic E-state index is 11.9. The van der Waals surface area contributed by atoms with Crippen LogP contribution in [0.25, 0.3) is 11.1 Å². The number of fused-ring (bicyclic) bond motifs is 2. The number of amides is 2. The van der Waals surface area contributed by atoms with Crippen LogP contribution in [0.3, 0.4) is 0 Å². The first kappa shape index (κ1) is 16.7. The van der Waals surface area contributed by atoms with Crippen LogP contribution in [0.5, 0.6) is 0 Å². The number of aromatic nitrogens is 1. The molecule has 6 heteroatoms. The number of anilines is 1. The van der Waals surface area contributed by atoms with Gasteiger partial charge >= 0.3 is 0 Å². The van der Waals surface area contributed by atoms with Crippen molar-refractivity contribution in [3.8, 4) is 11.1 Å². The van der Waals surface area contributed by atoms with Crippen LogP contribution in [-0.2, 0) is 27.4 Å². The summed E-state index contributed by atoms with van der Waals surface area (Å²) in [6, 6.07) is 5.87. The molecule has 1 aromatic carbocycles. The molecule has 4 rings (SSSR count). The maximum Gasteiger partial charge on any atom is 0.231 e. The van der Waals surface area contributed by atoms with E-state index in [1.54, 1.807) is 11.9 Å². The number of pyridine rings is 1. The predicted molar refractivity (Wildman–Crippen MR) is 97.6 cm³/mol. The molecule has 0 saturated carbocycles. The zero-order valence-electron chi connectivity index (χ0n) is 14.9. The molecule has 1 unspecified atom stereocenters. The zero-order chi connectivity index (χ0) is 18.3. The maximum atomic E-state index is 11.9. The second kappa shape index (κ2) is 6.53. The van der Waals surface area contributed by atoms with Crippen molar-refractivity contribution in [3.05, 3.63) is 47.3 Å². The van der Waals surface area contributed by atoms with Crippen molar-refractivity contribution in [1.82, 2.24) is 10.3 Å². The third kappa shape index (κ3) is 2.76.